The van der Waals surface area contributed by atoms with Gasteiger partial charge in [-0.25, -0.2) is 0 Å². The van der Waals surface area contributed by atoms with Gasteiger partial charge >= 0.3 is 0 Å². The van der Waals surface area contributed by atoms with E-state index >= 15 is 0 Å². The van der Waals surface area contributed by atoms with Gasteiger partial charge in [-0.2, -0.15) is 0 Å². The molecule has 84 valence electrons. The molecule has 0 atom stereocenters. The Hall–Kier alpha value is -1.96. The molecule has 0 amide bonds. The molecule has 0 radical (unpaired) electrons. The van der Waals surface area contributed by atoms with E-state index in [9.17, 15) is 4.79 Å². The quantitative estimate of drug-likeness (QED) is 0.743. The summed E-state index contributed by atoms with van der Waals surface area (Å²) >= 11 is 0. The van der Waals surface area contributed by atoms with Crippen molar-refractivity contribution in [3.63, 3.8) is 0 Å². The zero-order chi connectivity index (χ0) is 11.8. The standard InChI is InChI=1S/C15H13NO/c1-10-7-11(9-16-8-10)12-3-2-4-14-13(12)5-6-15(14)17/h2-4,7-9H,5-6H2,1H3. The summed E-state index contributed by atoms with van der Waals surface area (Å²) in [5.74, 6) is 0.266. The van der Waals surface area contributed by atoms with Crippen LogP contribution in [0.2, 0.25) is 0 Å². The Morgan fingerprint density at radius 1 is 1.12 bits per heavy atom. The topological polar surface area (TPSA) is 30.0 Å². The number of aromatic nitrogens is 1. The van der Waals surface area contributed by atoms with Crippen LogP contribution in [0.3, 0.4) is 0 Å². The number of fused-ring (bicyclic) bond motifs is 1. The molecule has 0 unspecified atom stereocenters. The molecule has 0 N–H and O–H groups in total. The molecule has 17 heavy (non-hydrogen) atoms. The number of hydrogen-bond acceptors (Lipinski definition) is 2. The maximum Gasteiger partial charge on any atom is 0.163 e. The second-order valence-corrected chi connectivity index (χ2v) is 4.51. The van der Waals surface area contributed by atoms with Crippen LogP contribution in [-0.2, 0) is 6.42 Å². The summed E-state index contributed by atoms with van der Waals surface area (Å²) in [6.07, 6.45) is 5.22. The number of Topliss-reactive ketones (excluding diaryl/α,β-unsaturated/α-hetero) is 1. The lowest BCUT2D eigenvalue weighted by Gasteiger charge is -2.07. The molecule has 1 aromatic carbocycles. The predicted octanol–water partition coefficient (Wildman–Crippen LogP) is 3.19. The van der Waals surface area contributed by atoms with E-state index in [-0.39, 0.29) is 5.78 Å². The summed E-state index contributed by atoms with van der Waals surface area (Å²) < 4.78 is 0. The fraction of sp³-hybridized carbons (Fsp3) is 0.200. The van der Waals surface area contributed by atoms with Gasteiger partial charge in [0.2, 0.25) is 0 Å². The molecule has 0 bridgehead atoms. The highest BCUT2D eigenvalue weighted by Gasteiger charge is 2.22. The van der Waals surface area contributed by atoms with Gasteiger partial charge in [-0.05, 0) is 36.1 Å². The van der Waals surface area contributed by atoms with Crippen LogP contribution in [0.1, 0.15) is 27.9 Å². The van der Waals surface area contributed by atoms with E-state index in [1.165, 1.54) is 5.56 Å². The summed E-state index contributed by atoms with van der Waals surface area (Å²) in [5.41, 5.74) is 5.49. The van der Waals surface area contributed by atoms with Crippen molar-refractivity contribution in [2.75, 3.05) is 0 Å². The minimum absolute atomic E-state index is 0.266. The lowest BCUT2D eigenvalue weighted by Crippen LogP contribution is -1.92. The Bertz CT molecular complexity index is 602. The van der Waals surface area contributed by atoms with Crippen molar-refractivity contribution >= 4 is 5.78 Å². The van der Waals surface area contributed by atoms with Gasteiger partial charge in [0, 0.05) is 29.9 Å². The normalized spacial score (nSPS) is 13.8. The molecular weight excluding hydrogens is 210 g/mol. The fourth-order valence-electron chi connectivity index (χ4n) is 2.46. The molecule has 1 aliphatic carbocycles. The average molecular weight is 223 g/mol. The lowest BCUT2D eigenvalue weighted by atomic mass is 9.97. The third-order valence-corrected chi connectivity index (χ3v) is 3.26. The summed E-state index contributed by atoms with van der Waals surface area (Å²) in [6, 6.07) is 8.08. The zero-order valence-corrected chi connectivity index (χ0v) is 9.73. The molecule has 2 aromatic rings. The van der Waals surface area contributed by atoms with E-state index in [0.717, 1.165) is 28.7 Å². The van der Waals surface area contributed by atoms with E-state index in [4.69, 9.17) is 0 Å². The van der Waals surface area contributed by atoms with Crippen LogP contribution in [0.4, 0.5) is 0 Å². The van der Waals surface area contributed by atoms with E-state index in [0.29, 0.717) is 6.42 Å². The first-order valence-corrected chi connectivity index (χ1v) is 5.83. The third kappa shape index (κ3) is 1.66. The van der Waals surface area contributed by atoms with Crippen molar-refractivity contribution in [1.82, 2.24) is 4.98 Å². The van der Waals surface area contributed by atoms with Gasteiger partial charge in [-0.3, -0.25) is 9.78 Å². The molecule has 1 aromatic heterocycles. The number of carbonyl (C=O) groups is 1. The number of carbonyl (C=O) groups excluding carboxylic acids is 1. The Morgan fingerprint density at radius 3 is 2.76 bits per heavy atom. The van der Waals surface area contributed by atoms with Crippen LogP contribution in [0.25, 0.3) is 11.1 Å². The highest BCUT2D eigenvalue weighted by Crippen LogP contribution is 2.32. The Kier molecular flexibility index (Phi) is 2.29. The first-order valence-electron chi connectivity index (χ1n) is 5.83. The maximum absolute atomic E-state index is 11.7. The number of ketones is 1. The molecule has 3 rings (SSSR count). The van der Waals surface area contributed by atoms with Gasteiger partial charge in [0.25, 0.3) is 0 Å². The number of rotatable bonds is 1. The van der Waals surface area contributed by atoms with Crippen LogP contribution in [-0.4, -0.2) is 10.8 Å². The minimum atomic E-state index is 0.266. The van der Waals surface area contributed by atoms with Gasteiger partial charge in [0.15, 0.2) is 5.78 Å². The minimum Gasteiger partial charge on any atom is -0.294 e. The van der Waals surface area contributed by atoms with Gasteiger partial charge in [-0.1, -0.05) is 18.2 Å². The molecular formula is C15H13NO. The van der Waals surface area contributed by atoms with Crippen molar-refractivity contribution < 1.29 is 4.79 Å². The second-order valence-electron chi connectivity index (χ2n) is 4.51. The fourth-order valence-corrected chi connectivity index (χ4v) is 2.46. The molecule has 1 heterocycles. The number of aryl methyl sites for hydroxylation is 1. The first kappa shape index (κ1) is 10.2. The maximum atomic E-state index is 11.7. The average Bonchev–Trinajstić information content (AvgIpc) is 2.71. The van der Waals surface area contributed by atoms with Crippen molar-refractivity contribution in [2.24, 2.45) is 0 Å². The first-order chi connectivity index (χ1) is 8.25. The van der Waals surface area contributed by atoms with Crippen molar-refractivity contribution in [1.29, 1.82) is 0 Å². The highest BCUT2D eigenvalue weighted by molar-refractivity contribution is 6.02. The van der Waals surface area contributed by atoms with E-state index in [2.05, 4.69) is 17.1 Å². The summed E-state index contributed by atoms with van der Waals surface area (Å²) in [7, 11) is 0. The number of nitrogens with zero attached hydrogens (tertiary/aromatic N) is 1. The van der Waals surface area contributed by atoms with E-state index in [1.807, 2.05) is 31.5 Å². The SMILES string of the molecule is Cc1cncc(-c2cccc3c2CCC3=O)c1. The molecule has 0 fully saturated rings. The van der Waals surface area contributed by atoms with Crippen molar-refractivity contribution in [3.05, 3.63) is 53.3 Å². The lowest BCUT2D eigenvalue weighted by molar-refractivity contribution is 0.0994. The zero-order valence-electron chi connectivity index (χ0n) is 9.73. The number of pyridine rings is 1. The van der Waals surface area contributed by atoms with Gasteiger partial charge < -0.3 is 0 Å². The van der Waals surface area contributed by atoms with Crippen molar-refractivity contribution in [3.8, 4) is 11.1 Å². The molecule has 0 spiro atoms. The van der Waals surface area contributed by atoms with Crippen LogP contribution in [0.15, 0.2) is 36.7 Å². The largest absolute Gasteiger partial charge is 0.294 e. The molecule has 2 heteroatoms. The van der Waals surface area contributed by atoms with Crippen LogP contribution in [0, 0.1) is 6.92 Å². The monoisotopic (exact) mass is 223 g/mol. The van der Waals surface area contributed by atoms with Crippen LogP contribution >= 0.6 is 0 Å². The van der Waals surface area contributed by atoms with Gasteiger partial charge in [0.05, 0.1) is 0 Å². The predicted molar refractivity (Wildman–Crippen MR) is 67.1 cm³/mol. The molecule has 1 aliphatic rings. The molecule has 0 saturated carbocycles. The summed E-state index contributed by atoms with van der Waals surface area (Å²) in [5, 5.41) is 0. The van der Waals surface area contributed by atoms with E-state index < -0.39 is 0 Å². The smallest absolute Gasteiger partial charge is 0.163 e. The van der Waals surface area contributed by atoms with E-state index in [1.54, 1.807) is 0 Å². The second kappa shape index (κ2) is 3.81. The Labute approximate surface area is 100 Å². The van der Waals surface area contributed by atoms with Gasteiger partial charge in [0.1, 0.15) is 0 Å². The van der Waals surface area contributed by atoms with Crippen LogP contribution < -0.4 is 0 Å². The number of benzene rings is 1. The summed E-state index contributed by atoms with van der Waals surface area (Å²) in [4.78, 5) is 15.9. The van der Waals surface area contributed by atoms with Gasteiger partial charge in [-0.15, -0.1) is 0 Å². The summed E-state index contributed by atoms with van der Waals surface area (Å²) in [6.45, 7) is 2.03. The number of hydrogen-bond donors (Lipinski definition) is 0. The third-order valence-electron chi connectivity index (χ3n) is 3.26. The van der Waals surface area contributed by atoms with Crippen LogP contribution in [0.5, 0.6) is 0 Å². The Balaban J connectivity index is 2.20. The Morgan fingerprint density at radius 2 is 1.94 bits per heavy atom. The molecule has 0 saturated heterocycles. The highest BCUT2D eigenvalue weighted by atomic mass is 16.1. The molecule has 2 nitrogen and oxygen atoms in total. The molecule has 0 aliphatic heterocycles. The van der Waals surface area contributed by atoms with Crippen molar-refractivity contribution in [2.45, 2.75) is 19.8 Å².